The molecule has 9 heteroatoms. The van der Waals surface area contributed by atoms with E-state index in [0.29, 0.717) is 57.6 Å². The SMILES string of the molecule is CCN(CC)S(=O)(=O)N1CCN(Cc2noc(C3CC3)n2)CC1. The van der Waals surface area contributed by atoms with Gasteiger partial charge in [0.25, 0.3) is 10.2 Å². The molecular weight excluding hydrogens is 318 g/mol. The fourth-order valence-electron chi connectivity index (χ4n) is 2.86. The number of nitrogens with zero attached hydrogens (tertiary/aromatic N) is 5. The zero-order valence-electron chi connectivity index (χ0n) is 13.8. The molecule has 0 N–H and O–H groups in total. The van der Waals surface area contributed by atoms with E-state index in [0.717, 1.165) is 18.7 Å². The first-order chi connectivity index (χ1) is 11.0. The van der Waals surface area contributed by atoms with Gasteiger partial charge in [0.1, 0.15) is 0 Å². The molecule has 130 valence electrons. The first-order valence-corrected chi connectivity index (χ1v) is 9.74. The zero-order valence-corrected chi connectivity index (χ0v) is 14.6. The van der Waals surface area contributed by atoms with E-state index in [4.69, 9.17) is 4.52 Å². The smallest absolute Gasteiger partial charge is 0.282 e. The zero-order chi connectivity index (χ0) is 16.4. The molecule has 0 atom stereocenters. The monoisotopic (exact) mass is 343 g/mol. The Hall–Kier alpha value is -1.03. The summed E-state index contributed by atoms with van der Waals surface area (Å²) < 4.78 is 33.3. The quantitative estimate of drug-likeness (QED) is 0.723. The number of piperazine rings is 1. The van der Waals surface area contributed by atoms with Crippen molar-refractivity contribution in [2.24, 2.45) is 0 Å². The van der Waals surface area contributed by atoms with Crippen LogP contribution in [0.5, 0.6) is 0 Å². The van der Waals surface area contributed by atoms with Crippen LogP contribution in [0.3, 0.4) is 0 Å². The molecule has 0 spiro atoms. The predicted octanol–water partition coefficient (Wildman–Crippen LogP) is 0.651. The van der Waals surface area contributed by atoms with Gasteiger partial charge in [-0.2, -0.15) is 22.0 Å². The molecule has 2 heterocycles. The van der Waals surface area contributed by atoms with Crippen LogP contribution < -0.4 is 0 Å². The Morgan fingerprint density at radius 1 is 1.17 bits per heavy atom. The summed E-state index contributed by atoms with van der Waals surface area (Å²) in [6.45, 7) is 7.75. The van der Waals surface area contributed by atoms with Crippen molar-refractivity contribution in [1.82, 2.24) is 23.7 Å². The van der Waals surface area contributed by atoms with Gasteiger partial charge in [-0.25, -0.2) is 0 Å². The van der Waals surface area contributed by atoms with Crippen LogP contribution in [0.1, 0.15) is 44.3 Å². The van der Waals surface area contributed by atoms with Crippen molar-refractivity contribution in [3.63, 3.8) is 0 Å². The summed E-state index contributed by atoms with van der Waals surface area (Å²) in [6, 6.07) is 0. The number of aromatic nitrogens is 2. The molecule has 0 bridgehead atoms. The minimum absolute atomic E-state index is 0.465. The van der Waals surface area contributed by atoms with E-state index in [1.165, 1.54) is 4.31 Å². The Labute approximate surface area is 137 Å². The minimum Gasteiger partial charge on any atom is -0.339 e. The fourth-order valence-corrected chi connectivity index (χ4v) is 4.46. The second-order valence-electron chi connectivity index (χ2n) is 6.09. The maximum atomic E-state index is 12.5. The lowest BCUT2D eigenvalue weighted by atomic mass is 10.3. The summed E-state index contributed by atoms with van der Waals surface area (Å²) in [7, 11) is -3.33. The Morgan fingerprint density at radius 3 is 2.39 bits per heavy atom. The highest BCUT2D eigenvalue weighted by atomic mass is 32.2. The topological polar surface area (TPSA) is 82.8 Å². The normalized spacial score (nSPS) is 21.2. The maximum Gasteiger partial charge on any atom is 0.282 e. The van der Waals surface area contributed by atoms with Gasteiger partial charge in [-0.05, 0) is 12.8 Å². The van der Waals surface area contributed by atoms with Crippen molar-refractivity contribution in [3.8, 4) is 0 Å². The highest BCUT2D eigenvalue weighted by molar-refractivity contribution is 7.86. The van der Waals surface area contributed by atoms with Gasteiger partial charge in [0.05, 0.1) is 6.54 Å². The lowest BCUT2D eigenvalue weighted by molar-refractivity contribution is 0.170. The van der Waals surface area contributed by atoms with Crippen LogP contribution in [0, 0.1) is 0 Å². The molecule has 0 amide bonds. The molecule has 0 radical (unpaired) electrons. The largest absolute Gasteiger partial charge is 0.339 e. The highest BCUT2D eigenvalue weighted by Crippen LogP contribution is 2.38. The summed E-state index contributed by atoms with van der Waals surface area (Å²) in [6.07, 6.45) is 2.28. The molecule has 2 aliphatic rings. The first-order valence-electron chi connectivity index (χ1n) is 8.34. The van der Waals surface area contributed by atoms with Gasteiger partial charge in [0.2, 0.25) is 5.89 Å². The molecule has 3 rings (SSSR count). The van der Waals surface area contributed by atoms with Gasteiger partial charge in [-0.15, -0.1) is 0 Å². The van der Waals surface area contributed by atoms with E-state index >= 15 is 0 Å². The van der Waals surface area contributed by atoms with Gasteiger partial charge in [0.15, 0.2) is 5.82 Å². The summed E-state index contributed by atoms with van der Waals surface area (Å²) in [4.78, 5) is 6.61. The van der Waals surface area contributed by atoms with E-state index in [1.807, 2.05) is 13.8 Å². The Bertz CT molecular complexity index is 616. The molecule has 23 heavy (non-hydrogen) atoms. The van der Waals surface area contributed by atoms with E-state index in [1.54, 1.807) is 4.31 Å². The average Bonchev–Trinajstić information content (AvgIpc) is 3.29. The third-order valence-corrected chi connectivity index (χ3v) is 6.65. The van der Waals surface area contributed by atoms with Crippen LogP contribution in [0.2, 0.25) is 0 Å². The van der Waals surface area contributed by atoms with E-state index in [2.05, 4.69) is 15.0 Å². The molecule has 1 aromatic heterocycles. The molecule has 8 nitrogen and oxygen atoms in total. The molecule has 1 aliphatic heterocycles. The maximum absolute atomic E-state index is 12.5. The van der Waals surface area contributed by atoms with Crippen LogP contribution >= 0.6 is 0 Å². The van der Waals surface area contributed by atoms with E-state index in [9.17, 15) is 8.42 Å². The Morgan fingerprint density at radius 2 is 1.83 bits per heavy atom. The number of hydrogen-bond acceptors (Lipinski definition) is 6. The molecular formula is C14H25N5O3S. The second kappa shape index (κ2) is 6.84. The first kappa shape index (κ1) is 16.8. The summed E-state index contributed by atoms with van der Waals surface area (Å²) in [5.41, 5.74) is 0. The van der Waals surface area contributed by atoms with Crippen molar-refractivity contribution >= 4 is 10.2 Å². The third-order valence-electron chi connectivity index (χ3n) is 4.46. The van der Waals surface area contributed by atoms with Crippen molar-refractivity contribution in [3.05, 3.63) is 11.7 Å². The van der Waals surface area contributed by atoms with Gasteiger partial charge in [-0.1, -0.05) is 19.0 Å². The number of rotatable bonds is 7. The average molecular weight is 343 g/mol. The van der Waals surface area contributed by atoms with Crippen LogP contribution in [-0.2, 0) is 16.8 Å². The number of hydrogen-bond donors (Lipinski definition) is 0. The molecule has 0 unspecified atom stereocenters. The van der Waals surface area contributed by atoms with Crippen molar-refractivity contribution in [2.75, 3.05) is 39.3 Å². The van der Waals surface area contributed by atoms with Crippen molar-refractivity contribution < 1.29 is 12.9 Å². The molecule has 2 fully saturated rings. The van der Waals surface area contributed by atoms with Crippen LogP contribution in [0.4, 0.5) is 0 Å². The van der Waals surface area contributed by atoms with Crippen molar-refractivity contribution in [2.45, 2.75) is 39.2 Å². The van der Waals surface area contributed by atoms with Gasteiger partial charge < -0.3 is 4.52 Å². The predicted molar refractivity (Wildman–Crippen MR) is 85.0 cm³/mol. The molecule has 1 aromatic rings. The minimum atomic E-state index is -3.33. The molecule has 1 saturated heterocycles. The van der Waals surface area contributed by atoms with Crippen LogP contribution in [0.25, 0.3) is 0 Å². The summed E-state index contributed by atoms with van der Waals surface area (Å²) >= 11 is 0. The lowest BCUT2D eigenvalue weighted by Crippen LogP contribution is -2.52. The summed E-state index contributed by atoms with van der Waals surface area (Å²) in [5.74, 6) is 1.92. The highest BCUT2D eigenvalue weighted by Gasteiger charge is 2.32. The fraction of sp³-hybridized carbons (Fsp3) is 0.857. The van der Waals surface area contributed by atoms with E-state index < -0.39 is 10.2 Å². The third kappa shape index (κ3) is 3.73. The van der Waals surface area contributed by atoms with Gasteiger partial charge >= 0.3 is 0 Å². The Kier molecular flexibility index (Phi) is 5.00. The Balaban J connectivity index is 1.53. The standard InChI is InChI=1S/C14H25N5O3S/c1-3-18(4-2)23(20,21)19-9-7-17(8-10-19)11-13-15-14(22-16-13)12-5-6-12/h12H,3-11H2,1-2H3. The molecule has 0 aromatic carbocycles. The van der Waals surface area contributed by atoms with Gasteiger partial charge in [-0.3, -0.25) is 4.90 Å². The lowest BCUT2D eigenvalue weighted by Gasteiger charge is -2.35. The molecule has 1 saturated carbocycles. The van der Waals surface area contributed by atoms with Crippen LogP contribution in [-0.4, -0.2) is 71.3 Å². The van der Waals surface area contributed by atoms with E-state index in [-0.39, 0.29) is 0 Å². The van der Waals surface area contributed by atoms with Crippen LogP contribution in [0.15, 0.2) is 4.52 Å². The second-order valence-corrected chi connectivity index (χ2v) is 8.02. The van der Waals surface area contributed by atoms with Gasteiger partial charge in [0, 0.05) is 45.2 Å². The summed E-state index contributed by atoms with van der Waals surface area (Å²) in [5, 5.41) is 4.03. The van der Waals surface area contributed by atoms with Crippen molar-refractivity contribution in [1.29, 1.82) is 0 Å². The molecule has 1 aliphatic carbocycles.